The van der Waals surface area contributed by atoms with Crippen LogP contribution in [0, 0.1) is 5.92 Å². The lowest BCUT2D eigenvalue weighted by Gasteiger charge is -2.20. The average Bonchev–Trinajstić information content (AvgIpc) is 2.84. The molecule has 0 spiro atoms. The molecular weight excluding hydrogens is 348 g/mol. The minimum atomic E-state index is -3.90. The van der Waals surface area contributed by atoms with Gasteiger partial charge in [0.1, 0.15) is 4.90 Å². The van der Waals surface area contributed by atoms with Crippen molar-refractivity contribution < 1.29 is 16.8 Å². The van der Waals surface area contributed by atoms with E-state index in [1.54, 1.807) is 0 Å². The molecule has 0 unspecified atom stereocenters. The standard InChI is InChI=1S/C13H19ClN2O4S2/c1-21(17,18)10-5-6-11(14)13(7-10)22(19,20)16-12-4-2-3-9(12)8-15/h5-7,9,12,16H,2-4,8,15H2,1H3/t9-,12+/m1/s1. The summed E-state index contributed by atoms with van der Waals surface area (Å²) < 4.78 is 50.8. The maximum absolute atomic E-state index is 12.5. The fourth-order valence-corrected chi connectivity index (χ4v) is 5.24. The van der Waals surface area contributed by atoms with Crippen molar-refractivity contribution in [3.05, 3.63) is 23.2 Å². The maximum Gasteiger partial charge on any atom is 0.242 e. The fraction of sp³-hybridized carbons (Fsp3) is 0.538. The van der Waals surface area contributed by atoms with Gasteiger partial charge in [-0.3, -0.25) is 0 Å². The maximum atomic E-state index is 12.5. The van der Waals surface area contributed by atoms with E-state index >= 15 is 0 Å². The number of benzene rings is 1. The monoisotopic (exact) mass is 366 g/mol. The van der Waals surface area contributed by atoms with E-state index in [9.17, 15) is 16.8 Å². The SMILES string of the molecule is CS(=O)(=O)c1ccc(Cl)c(S(=O)(=O)N[C@H]2CCC[C@@H]2CN)c1. The third-order valence-corrected chi connectivity index (χ3v) is 6.97. The van der Waals surface area contributed by atoms with Gasteiger partial charge < -0.3 is 5.73 Å². The predicted molar refractivity (Wildman–Crippen MR) is 85.1 cm³/mol. The molecule has 2 atom stereocenters. The Kier molecular flexibility index (Phi) is 5.18. The summed E-state index contributed by atoms with van der Waals surface area (Å²) in [6.45, 7) is 0.407. The molecule has 1 fully saturated rings. The average molecular weight is 367 g/mol. The quantitative estimate of drug-likeness (QED) is 0.812. The van der Waals surface area contributed by atoms with Gasteiger partial charge in [-0.25, -0.2) is 21.6 Å². The van der Waals surface area contributed by atoms with Crippen molar-refractivity contribution in [1.82, 2.24) is 4.72 Å². The lowest BCUT2D eigenvalue weighted by molar-refractivity contribution is 0.453. The van der Waals surface area contributed by atoms with Gasteiger partial charge in [0, 0.05) is 12.3 Å². The van der Waals surface area contributed by atoms with Gasteiger partial charge in [0.05, 0.1) is 9.92 Å². The molecule has 1 aliphatic rings. The Morgan fingerprint density at radius 1 is 1.27 bits per heavy atom. The molecule has 0 amide bonds. The Balaban J connectivity index is 2.37. The van der Waals surface area contributed by atoms with Crippen LogP contribution in [0.2, 0.25) is 5.02 Å². The first-order chi connectivity index (χ1) is 10.1. The Morgan fingerprint density at radius 3 is 2.55 bits per heavy atom. The van der Waals surface area contributed by atoms with Gasteiger partial charge >= 0.3 is 0 Å². The highest BCUT2D eigenvalue weighted by atomic mass is 35.5. The predicted octanol–water partition coefficient (Wildman–Crippen LogP) is 1.15. The molecule has 1 saturated carbocycles. The topological polar surface area (TPSA) is 106 Å². The van der Waals surface area contributed by atoms with E-state index in [0.29, 0.717) is 13.0 Å². The van der Waals surface area contributed by atoms with Gasteiger partial charge in [-0.05, 0) is 43.5 Å². The normalized spacial score (nSPS) is 22.9. The third kappa shape index (κ3) is 3.80. The largest absolute Gasteiger partial charge is 0.330 e. The fourth-order valence-electron chi connectivity index (χ4n) is 2.66. The number of halogens is 1. The first kappa shape index (κ1) is 17.7. The molecule has 9 heteroatoms. The minimum absolute atomic E-state index is 0.0119. The molecule has 3 N–H and O–H groups in total. The molecule has 0 radical (unpaired) electrons. The van der Waals surface area contributed by atoms with E-state index < -0.39 is 19.9 Å². The lowest BCUT2D eigenvalue weighted by atomic mass is 10.1. The smallest absolute Gasteiger partial charge is 0.242 e. The first-order valence-corrected chi connectivity index (χ1v) is 10.6. The molecular formula is C13H19ClN2O4S2. The van der Waals surface area contributed by atoms with E-state index in [0.717, 1.165) is 25.2 Å². The summed E-state index contributed by atoms with van der Waals surface area (Å²) in [6, 6.07) is 3.41. The van der Waals surface area contributed by atoms with Gasteiger partial charge in [0.15, 0.2) is 9.84 Å². The van der Waals surface area contributed by atoms with Gasteiger partial charge in [-0.2, -0.15) is 0 Å². The summed E-state index contributed by atoms with van der Waals surface area (Å²) in [7, 11) is -7.42. The van der Waals surface area contributed by atoms with Crippen LogP contribution < -0.4 is 10.5 Å². The van der Waals surface area contributed by atoms with E-state index in [4.69, 9.17) is 17.3 Å². The highest BCUT2D eigenvalue weighted by Gasteiger charge is 2.31. The van der Waals surface area contributed by atoms with Crippen LogP contribution in [0.4, 0.5) is 0 Å². The molecule has 1 aliphatic carbocycles. The molecule has 6 nitrogen and oxygen atoms in total. The molecule has 0 saturated heterocycles. The number of hydrogen-bond acceptors (Lipinski definition) is 5. The number of sulfone groups is 1. The van der Waals surface area contributed by atoms with Crippen LogP contribution in [0.3, 0.4) is 0 Å². The van der Waals surface area contributed by atoms with Crippen molar-refractivity contribution in [2.75, 3.05) is 12.8 Å². The molecule has 0 heterocycles. The molecule has 124 valence electrons. The second kappa shape index (κ2) is 6.45. The highest BCUT2D eigenvalue weighted by molar-refractivity contribution is 7.91. The molecule has 2 rings (SSSR count). The minimum Gasteiger partial charge on any atom is -0.330 e. The second-order valence-corrected chi connectivity index (χ2v) is 9.62. The second-order valence-electron chi connectivity index (χ2n) is 5.52. The van der Waals surface area contributed by atoms with Crippen LogP contribution in [-0.2, 0) is 19.9 Å². The highest BCUT2D eigenvalue weighted by Crippen LogP contribution is 2.29. The zero-order valence-electron chi connectivity index (χ0n) is 12.1. The van der Waals surface area contributed by atoms with E-state index in [2.05, 4.69) is 4.72 Å². The Morgan fingerprint density at radius 2 is 1.95 bits per heavy atom. The number of sulfonamides is 1. The van der Waals surface area contributed by atoms with Crippen molar-refractivity contribution >= 4 is 31.5 Å². The van der Waals surface area contributed by atoms with Gasteiger partial charge in [0.25, 0.3) is 0 Å². The van der Waals surface area contributed by atoms with Crippen molar-refractivity contribution in [1.29, 1.82) is 0 Å². The Hall–Kier alpha value is -0.670. The van der Waals surface area contributed by atoms with E-state index in [1.165, 1.54) is 12.1 Å². The molecule has 1 aromatic rings. The molecule has 22 heavy (non-hydrogen) atoms. The number of rotatable bonds is 5. The summed E-state index contributed by atoms with van der Waals surface area (Å²) >= 11 is 5.95. The summed E-state index contributed by atoms with van der Waals surface area (Å²) in [5.74, 6) is 0.0895. The van der Waals surface area contributed by atoms with Crippen LogP contribution in [0.25, 0.3) is 0 Å². The third-order valence-electron chi connectivity index (χ3n) is 3.89. The van der Waals surface area contributed by atoms with Crippen molar-refractivity contribution in [2.45, 2.75) is 35.1 Å². The molecule has 0 bridgehead atoms. The van der Waals surface area contributed by atoms with Gasteiger partial charge in [0.2, 0.25) is 10.0 Å². The van der Waals surface area contributed by atoms with E-state index in [1.807, 2.05) is 0 Å². The zero-order valence-corrected chi connectivity index (χ0v) is 14.5. The first-order valence-electron chi connectivity index (χ1n) is 6.87. The molecule has 0 aromatic heterocycles. The zero-order chi connectivity index (χ0) is 16.5. The van der Waals surface area contributed by atoms with Crippen LogP contribution in [-0.4, -0.2) is 35.7 Å². The molecule has 1 aromatic carbocycles. The summed E-state index contributed by atoms with van der Waals surface area (Å²) in [6.07, 6.45) is 3.51. The summed E-state index contributed by atoms with van der Waals surface area (Å²) in [5.41, 5.74) is 5.65. The van der Waals surface area contributed by atoms with Crippen LogP contribution in [0.1, 0.15) is 19.3 Å². The number of hydrogen-bond donors (Lipinski definition) is 2. The van der Waals surface area contributed by atoms with Gasteiger partial charge in [-0.1, -0.05) is 18.0 Å². The lowest BCUT2D eigenvalue weighted by Crippen LogP contribution is -2.39. The summed E-state index contributed by atoms with van der Waals surface area (Å²) in [4.78, 5) is -0.307. The van der Waals surface area contributed by atoms with Crippen LogP contribution >= 0.6 is 11.6 Å². The molecule has 0 aliphatic heterocycles. The van der Waals surface area contributed by atoms with Crippen LogP contribution in [0.15, 0.2) is 28.0 Å². The number of nitrogens with one attached hydrogen (secondary N) is 1. The summed E-state index contributed by atoms with van der Waals surface area (Å²) in [5, 5.41) is -0.0119. The van der Waals surface area contributed by atoms with Crippen molar-refractivity contribution in [2.24, 2.45) is 11.7 Å². The van der Waals surface area contributed by atoms with E-state index in [-0.39, 0.29) is 26.8 Å². The Bertz CT molecular complexity index is 762. The van der Waals surface area contributed by atoms with Gasteiger partial charge in [-0.15, -0.1) is 0 Å². The van der Waals surface area contributed by atoms with Crippen molar-refractivity contribution in [3.63, 3.8) is 0 Å². The number of nitrogens with two attached hydrogens (primary N) is 1. The van der Waals surface area contributed by atoms with Crippen molar-refractivity contribution in [3.8, 4) is 0 Å². The van der Waals surface area contributed by atoms with Crippen LogP contribution in [0.5, 0.6) is 0 Å². The Labute approximate surface area is 136 Å².